The lowest BCUT2D eigenvalue weighted by Gasteiger charge is -2.52. The molecule has 1 unspecified atom stereocenters. The third-order valence-corrected chi connectivity index (χ3v) is 7.50. The van der Waals surface area contributed by atoms with E-state index in [1.165, 1.54) is 17.4 Å². The van der Waals surface area contributed by atoms with Crippen LogP contribution in [0.4, 0.5) is 8.78 Å². The van der Waals surface area contributed by atoms with E-state index in [9.17, 15) is 13.6 Å². The van der Waals surface area contributed by atoms with Gasteiger partial charge in [-0.1, -0.05) is 18.2 Å². The largest absolute Gasteiger partial charge is 0.346 e. The number of nitrogens with one attached hydrogen (secondary N) is 1. The zero-order valence-electron chi connectivity index (χ0n) is 13.8. The Morgan fingerprint density at radius 1 is 1.28 bits per heavy atom. The number of halogens is 2. The molecular weight excluding hydrogens is 342 g/mol. The number of thiophene rings is 1. The second-order valence-electron chi connectivity index (χ2n) is 7.56. The van der Waals surface area contributed by atoms with Crippen LogP contribution < -0.4 is 5.32 Å². The van der Waals surface area contributed by atoms with Crippen molar-refractivity contribution in [3.05, 3.63) is 34.7 Å². The predicted octanol–water partition coefficient (Wildman–Crippen LogP) is 4.20. The third kappa shape index (κ3) is 2.34. The zero-order chi connectivity index (χ0) is 17.2. The second-order valence-corrected chi connectivity index (χ2v) is 8.61. The minimum absolute atomic E-state index is 0.0167. The molecule has 1 aromatic heterocycles. The Morgan fingerprint density at radius 2 is 2.04 bits per heavy atom. The Kier molecular flexibility index (Phi) is 3.44. The average molecular weight is 362 g/mol. The van der Waals surface area contributed by atoms with Gasteiger partial charge in [0, 0.05) is 15.8 Å². The number of hydrogen-bond donors (Lipinski definition) is 1. The fourth-order valence-electron chi connectivity index (χ4n) is 4.90. The van der Waals surface area contributed by atoms with Gasteiger partial charge in [0.25, 0.3) is 12.3 Å². The molecule has 1 aliphatic carbocycles. The summed E-state index contributed by atoms with van der Waals surface area (Å²) in [6, 6.07) is 6.83. The minimum Gasteiger partial charge on any atom is -0.346 e. The SMILES string of the molecule is O=C(NC1C2CCN(CC2)C12CC2)c1cc2cccc(C(F)F)c2s1. The van der Waals surface area contributed by atoms with Crippen molar-refractivity contribution in [1.82, 2.24) is 10.2 Å². The number of fused-ring (bicyclic) bond motifs is 3. The Hall–Kier alpha value is -1.53. The van der Waals surface area contributed by atoms with Gasteiger partial charge in [-0.05, 0) is 56.1 Å². The first-order valence-corrected chi connectivity index (χ1v) is 9.77. The monoisotopic (exact) mass is 362 g/mol. The molecule has 1 N–H and O–H groups in total. The zero-order valence-corrected chi connectivity index (χ0v) is 14.6. The van der Waals surface area contributed by atoms with Crippen molar-refractivity contribution in [2.75, 3.05) is 13.1 Å². The van der Waals surface area contributed by atoms with Crippen LogP contribution in [0.2, 0.25) is 0 Å². The van der Waals surface area contributed by atoms with Crippen LogP contribution >= 0.6 is 11.3 Å². The highest BCUT2D eigenvalue weighted by Crippen LogP contribution is 2.53. The molecule has 3 nitrogen and oxygen atoms in total. The van der Waals surface area contributed by atoms with Crippen molar-refractivity contribution in [2.24, 2.45) is 5.92 Å². The molecule has 3 saturated heterocycles. The summed E-state index contributed by atoms with van der Waals surface area (Å²) in [6.07, 6.45) is 2.10. The number of piperidine rings is 3. The maximum Gasteiger partial charge on any atom is 0.265 e. The van der Waals surface area contributed by atoms with E-state index in [1.807, 2.05) is 0 Å². The van der Waals surface area contributed by atoms with Gasteiger partial charge in [0.2, 0.25) is 0 Å². The van der Waals surface area contributed by atoms with Crippen LogP contribution in [0.3, 0.4) is 0 Å². The van der Waals surface area contributed by atoms with Gasteiger partial charge in [-0.25, -0.2) is 8.78 Å². The molecule has 6 rings (SSSR count). The molecule has 1 aromatic carbocycles. The van der Waals surface area contributed by atoms with E-state index in [-0.39, 0.29) is 23.1 Å². The number of carbonyl (C=O) groups is 1. The predicted molar refractivity (Wildman–Crippen MR) is 94.3 cm³/mol. The van der Waals surface area contributed by atoms with Crippen molar-refractivity contribution in [1.29, 1.82) is 0 Å². The highest BCUT2D eigenvalue weighted by atomic mass is 32.1. The summed E-state index contributed by atoms with van der Waals surface area (Å²) in [5.41, 5.74) is 0.199. The van der Waals surface area contributed by atoms with E-state index in [2.05, 4.69) is 10.2 Å². The molecule has 1 saturated carbocycles. The van der Waals surface area contributed by atoms with Gasteiger partial charge in [0.15, 0.2) is 0 Å². The molecule has 132 valence electrons. The molecule has 1 atom stereocenters. The fourth-order valence-corrected chi connectivity index (χ4v) is 5.98. The number of hydrogen-bond acceptors (Lipinski definition) is 3. The molecule has 4 heterocycles. The van der Waals surface area contributed by atoms with E-state index in [0.717, 1.165) is 44.2 Å². The highest BCUT2D eigenvalue weighted by Gasteiger charge is 2.60. The lowest BCUT2D eigenvalue weighted by molar-refractivity contribution is -0.00138. The van der Waals surface area contributed by atoms with Gasteiger partial charge in [-0.15, -0.1) is 11.3 Å². The Bertz CT molecular complexity index is 837. The molecular formula is C19H20F2N2OS. The van der Waals surface area contributed by atoms with E-state index in [1.54, 1.807) is 18.2 Å². The average Bonchev–Trinajstić information content (AvgIpc) is 3.26. The molecule has 1 amide bonds. The maximum atomic E-state index is 13.2. The van der Waals surface area contributed by atoms with Crippen molar-refractivity contribution < 1.29 is 13.6 Å². The lowest BCUT2D eigenvalue weighted by Crippen LogP contribution is -2.65. The topological polar surface area (TPSA) is 32.3 Å². The molecule has 3 aliphatic heterocycles. The van der Waals surface area contributed by atoms with Crippen LogP contribution in [-0.4, -0.2) is 35.5 Å². The summed E-state index contributed by atoms with van der Waals surface area (Å²) in [7, 11) is 0. The van der Waals surface area contributed by atoms with E-state index < -0.39 is 6.43 Å². The normalized spacial score (nSPS) is 29.5. The summed E-state index contributed by atoms with van der Waals surface area (Å²) < 4.78 is 26.9. The Balaban J connectivity index is 1.43. The highest BCUT2D eigenvalue weighted by molar-refractivity contribution is 7.21. The van der Waals surface area contributed by atoms with Gasteiger partial charge in [0.05, 0.1) is 10.9 Å². The molecule has 0 radical (unpaired) electrons. The molecule has 4 fully saturated rings. The van der Waals surface area contributed by atoms with Crippen molar-refractivity contribution in [3.63, 3.8) is 0 Å². The third-order valence-electron chi connectivity index (χ3n) is 6.30. The van der Waals surface area contributed by atoms with Gasteiger partial charge in [0.1, 0.15) is 0 Å². The van der Waals surface area contributed by atoms with Gasteiger partial charge < -0.3 is 5.32 Å². The van der Waals surface area contributed by atoms with Crippen LogP contribution in [-0.2, 0) is 0 Å². The van der Waals surface area contributed by atoms with Crippen molar-refractivity contribution in [3.8, 4) is 0 Å². The number of benzene rings is 1. The Labute approximate surface area is 149 Å². The molecule has 6 heteroatoms. The van der Waals surface area contributed by atoms with Crippen molar-refractivity contribution in [2.45, 2.75) is 43.7 Å². The van der Waals surface area contributed by atoms with Crippen LogP contribution in [0.5, 0.6) is 0 Å². The quantitative estimate of drug-likeness (QED) is 0.888. The number of nitrogens with zero attached hydrogens (tertiary/aromatic N) is 1. The summed E-state index contributed by atoms with van der Waals surface area (Å²) in [6.45, 7) is 2.30. The first kappa shape index (κ1) is 15.7. The summed E-state index contributed by atoms with van der Waals surface area (Å²) >= 11 is 1.18. The van der Waals surface area contributed by atoms with E-state index in [0.29, 0.717) is 15.5 Å². The standard InChI is InChI=1S/C19H20F2N2OS/c20-17(21)13-3-1-2-12-10-14(25-15(12)13)18(24)22-16-11-4-8-23(9-5-11)19(16)6-7-19/h1-3,10-11,16-17H,4-9H2,(H,22,24). The number of alkyl halides is 2. The molecule has 2 aromatic rings. The summed E-state index contributed by atoms with van der Waals surface area (Å²) in [4.78, 5) is 15.9. The molecule has 2 bridgehead atoms. The second kappa shape index (κ2) is 5.48. The number of carbonyl (C=O) groups excluding carboxylic acids is 1. The van der Waals surface area contributed by atoms with E-state index >= 15 is 0 Å². The van der Waals surface area contributed by atoms with E-state index in [4.69, 9.17) is 0 Å². The number of rotatable bonds is 3. The van der Waals surface area contributed by atoms with Gasteiger partial charge >= 0.3 is 0 Å². The van der Waals surface area contributed by atoms with Crippen LogP contribution in [0.25, 0.3) is 10.1 Å². The molecule has 25 heavy (non-hydrogen) atoms. The maximum absolute atomic E-state index is 13.2. The van der Waals surface area contributed by atoms with Crippen LogP contribution in [0.1, 0.15) is 47.3 Å². The summed E-state index contributed by atoms with van der Waals surface area (Å²) in [5.74, 6) is 0.453. The Morgan fingerprint density at radius 3 is 2.72 bits per heavy atom. The van der Waals surface area contributed by atoms with Crippen LogP contribution in [0.15, 0.2) is 24.3 Å². The minimum atomic E-state index is -2.52. The first-order chi connectivity index (χ1) is 12.1. The smallest absolute Gasteiger partial charge is 0.265 e. The fraction of sp³-hybridized carbons (Fsp3) is 0.526. The van der Waals surface area contributed by atoms with Gasteiger partial charge in [-0.3, -0.25) is 9.69 Å². The lowest BCUT2D eigenvalue weighted by atomic mass is 9.77. The summed E-state index contributed by atoms with van der Waals surface area (Å²) in [5, 5.41) is 4.00. The van der Waals surface area contributed by atoms with Gasteiger partial charge in [-0.2, -0.15) is 0 Å². The molecule has 1 spiro atoms. The van der Waals surface area contributed by atoms with Crippen LogP contribution in [0, 0.1) is 5.92 Å². The first-order valence-electron chi connectivity index (χ1n) is 8.95. The number of amides is 1. The van der Waals surface area contributed by atoms with Crippen molar-refractivity contribution >= 4 is 27.3 Å². The molecule has 4 aliphatic rings.